The molecule has 21 heavy (non-hydrogen) atoms. The average molecular weight is 286 g/mol. The van der Waals surface area contributed by atoms with Gasteiger partial charge in [0.15, 0.2) is 0 Å². The van der Waals surface area contributed by atoms with Gasteiger partial charge in [0.1, 0.15) is 0 Å². The van der Waals surface area contributed by atoms with Crippen molar-refractivity contribution < 1.29 is 9.53 Å². The summed E-state index contributed by atoms with van der Waals surface area (Å²) in [5, 5.41) is 4.47. The molecule has 1 N–H and O–H groups in total. The molecular weight excluding hydrogens is 264 g/mol. The number of carbonyl (C=O) groups is 1. The summed E-state index contributed by atoms with van der Waals surface area (Å²) in [6, 6.07) is 8.44. The molecule has 0 amide bonds. The van der Waals surface area contributed by atoms with Gasteiger partial charge in [0.05, 0.1) is 6.61 Å². The molecule has 0 aliphatic heterocycles. The molecule has 0 aliphatic carbocycles. The second kappa shape index (κ2) is 7.09. The standard InChI is InChI=1S/C17H22N2O2/c1-4-21-17(20)10-9-14(18-2)11-13-12-19(3)16-8-6-5-7-15(13)16/h5-10,12,14,18H,4,11H2,1-3H3. The van der Waals surface area contributed by atoms with E-state index in [4.69, 9.17) is 4.74 Å². The Morgan fingerprint density at radius 1 is 1.43 bits per heavy atom. The van der Waals surface area contributed by atoms with Crippen molar-refractivity contribution in [3.63, 3.8) is 0 Å². The Hall–Kier alpha value is -2.07. The number of esters is 1. The van der Waals surface area contributed by atoms with E-state index in [9.17, 15) is 4.79 Å². The first-order chi connectivity index (χ1) is 10.2. The first kappa shape index (κ1) is 15.3. The van der Waals surface area contributed by atoms with Gasteiger partial charge in [-0.1, -0.05) is 24.3 Å². The molecule has 1 aromatic heterocycles. The van der Waals surface area contributed by atoms with Crippen LogP contribution in [0.15, 0.2) is 42.6 Å². The maximum absolute atomic E-state index is 11.4. The lowest BCUT2D eigenvalue weighted by Gasteiger charge is -2.10. The van der Waals surface area contributed by atoms with Gasteiger partial charge in [-0.2, -0.15) is 0 Å². The molecule has 0 saturated carbocycles. The number of hydrogen-bond donors (Lipinski definition) is 1. The molecule has 0 spiro atoms. The lowest BCUT2D eigenvalue weighted by atomic mass is 10.0. The minimum absolute atomic E-state index is 0.0974. The summed E-state index contributed by atoms with van der Waals surface area (Å²) >= 11 is 0. The lowest BCUT2D eigenvalue weighted by molar-refractivity contribution is -0.137. The highest BCUT2D eigenvalue weighted by molar-refractivity contribution is 5.84. The summed E-state index contributed by atoms with van der Waals surface area (Å²) in [5.74, 6) is -0.296. The zero-order chi connectivity index (χ0) is 15.2. The topological polar surface area (TPSA) is 43.3 Å². The molecule has 0 bridgehead atoms. The average Bonchev–Trinajstić information content (AvgIpc) is 2.80. The third kappa shape index (κ3) is 3.73. The predicted octanol–water partition coefficient (Wildman–Crippen LogP) is 2.43. The SMILES string of the molecule is CCOC(=O)C=CC(Cc1cn(C)c2ccccc12)NC. The Morgan fingerprint density at radius 2 is 2.19 bits per heavy atom. The van der Waals surface area contributed by atoms with Crippen molar-refractivity contribution in [2.45, 2.75) is 19.4 Å². The number of nitrogens with one attached hydrogen (secondary N) is 1. The highest BCUT2D eigenvalue weighted by Gasteiger charge is 2.10. The Morgan fingerprint density at radius 3 is 2.90 bits per heavy atom. The van der Waals surface area contributed by atoms with Crippen LogP contribution in [-0.4, -0.2) is 30.2 Å². The number of hydrogen-bond acceptors (Lipinski definition) is 3. The largest absolute Gasteiger partial charge is 0.463 e. The van der Waals surface area contributed by atoms with Crippen LogP contribution >= 0.6 is 0 Å². The molecule has 0 fully saturated rings. The fourth-order valence-electron chi connectivity index (χ4n) is 2.48. The number of benzene rings is 1. The number of rotatable bonds is 6. The molecular formula is C17H22N2O2. The summed E-state index contributed by atoms with van der Waals surface area (Å²) in [6.07, 6.45) is 6.33. The Balaban J connectivity index is 2.15. The number of aryl methyl sites for hydroxylation is 1. The van der Waals surface area contributed by atoms with Crippen LogP contribution in [0.4, 0.5) is 0 Å². The van der Waals surface area contributed by atoms with Gasteiger partial charge in [0.2, 0.25) is 0 Å². The van der Waals surface area contributed by atoms with Gasteiger partial charge in [-0.3, -0.25) is 0 Å². The Bertz CT molecular complexity index is 643. The van der Waals surface area contributed by atoms with Gasteiger partial charge in [-0.25, -0.2) is 4.79 Å². The van der Waals surface area contributed by atoms with Gasteiger partial charge in [0.25, 0.3) is 0 Å². The minimum atomic E-state index is -0.296. The summed E-state index contributed by atoms with van der Waals surface area (Å²) in [7, 11) is 3.94. The smallest absolute Gasteiger partial charge is 0.330 e. The van der Waals surface area contributed by atoms with E-state index in [-0.39, 0.29) is 12.0 Å². The summed E-state index contributed by atoms with van der Waals surface area (Å²) in [5.41, 5.74) is 2.48. The number of carbonyl (C=O) groups excluding carboxylic acids is 1. The fraction of sp³-hybridized carbons (Fsp3) is 0.353. The third-order valence-corrected chi connectivity index (χ3v) is 3.54. The first-order valence-corrected chi connectivity index (χ1v) is 7.20. The van der Waals surface area contributed by atoms with E-state index in [0.29, 0.717) is 6.61 Å². The Labute approximate surface area is 125 Å². The lowest BCUT2D eigenvalue weighted by Crippen LogP contribution is -2.25. The van der Waals surface area contributed by atoms with Gasteiger partial charge in [-0.05, 0) is 32.0 Å². The van der Waals surface area contributed by atoms with E-state index in [1.165, 1.54) is 22.5 Å². The second-order valence-corrected chi connectivity index (χ2v) is 4.99. The van der Waals surface area contributed by atoms with Gasteiger partial charge in [-0.15, -0.1) is 0 Å². The normalized spacial score (nSPS) is 12.9. The molecule has 2 aromatic rings. The van der Waals surface area contributed by atoms with E-state index in [0.717, 1.165) is 6.42 Å². The summed E-state index contributed by atoms with van der Waals surface area (Å²) in [6.45, 7) is 2.20. The number of aromatic nitrogens is 1. The highest BCUT2D eigenvalue weighted by Crippen LogP contribution is 2.21. The molecule has 4 heteroatoms. The second-order valence-electron chi connectivity index (χ2n) is 4.99. The maximum atomic E-state index is 11.4. The molecule has 4 nitrogen and oxygen atoms in total. The molecule has 112 valence electrons. The quantitative estimate of drug-likeness (QED) is 0.655. The molecule has 1 atom stereocenters. The predicted molar refractivity (Wildman–Crippen MR) is 85.2 cm³/mol. The van der Waals surface area contributed by atoms with Crippen LogP contribution in [0.5, 0.6) is 0 Å². The molecule has 0 radical (unpaired) electrons. The van der Waals surface area contributed by atoms with Crippen LogP contribution in [0.1, 0.15) is 12.5 Å². The van der Waals surface area contributed by atoms with E-state index >= 15 is 0 Å². The minimum Gasteiger partial charge on any atom is -0.463 e. The molecule has 0 saturated heterocycles. The van der Waals surface area contributed by atoms with Crippen molar-refractivity contribution in [2.24, 2.45) is 7.05 Å². The molecule has 1 heterocycles. The van der Waals surface area contributed by atoms with Crippen molar-refractivity contribution >= 4 is 16.9 Å². The van der Waals surface area contributed by atoms with Crippen LogP contribution < -0.4 is 5.32 Å². The molecule has 1 aromatic carbocycles. The molecule has 0 aliphatic rings. The number of ether oxygens (including phenoxy) is 1. The van der Waals surface area contributed by atoms with Gasteiger partial charge in [0, 0.05) is 36.3 Å². The van der Waals surface area contributed by atoms with Crippen molar-refractivity contribution in [3.8, 4) is 0 Å². The monoisotopic (exact) mass is 286 g/mol. The third-order valence-electron chi connectivity index (χ3n) is 3.54. The molecule has 1 unspecified atom stereocenters. The summed E-state index contributed by atoms with van der Waals surface area (Å²) < 4.78 is 7.04. The van der Waals surface area contributed by atoms with Crippen LogP contribution in [0.2, 0.25) is 0 Å². The number of para-hydroxylation sites is 1. The van der Waals surface area contributed by atoms with Crippen molar-refractivity contribution in [3.05, 3.63) is 48.2 Å². The van der Waals surface area contributed by atoms with Crippen molar-refractivity contribution in [1.82, 2.24) is 9.88 Å². The molecule has 2 rings (SSSR count). The number of nitrogens with zero attached hydrogens (tertiary/aromatic N) is 1. The zero-order valence-electron chi connectivity index (χ0n) is 12.8. The van der Waals surface area contributed by atoms with Gasteiger partial charge >= 0.3 is 5.97 Å². The maximum Gasteiger partial charge on any atom is 0.330 e. The number of fused-ring (bicyclic) bond motifs is 1. The van der Waals surface area contributed by atoms with E-state index in [1.807, 2.05) is 19.2 Å². The zero-order valence-corrected chi connectivity index (χ0v) is 12.8. The van der Waals surface area contributed by atoms with Crippen LogP contribution in [0, 0.1) is 0 Å². The van der Waals surface area contributed by atoms with Crippen LogP contribution in [-0.2, 0) is 23.0 Å². The van der Waals surface area contributed by atoms with Crippen molar-refractivity contribution in [2.75, 3.05) is 13.7 Å². The number of likely N-dealkylation sites (N-methyl/N-ethyl adjacent to an activating group) is 1. The van der Waals surface area contributed by atoms with E-state index in [2.05, 4.69) is 41.3 Å². The Kier molecular flexibility index (Phi) is 5.17. The fourth-order valence-corrected chi connectivity index (χ4v) is 2.48. The van der Waals surface area contributed by atoms with Crippen LogP contribution in [0.3, 0.4) is 0 Å². The van der Waals surface area contributed by atoms with Crippen molar-refractivity contribution in [1.29, 1.82) is 0 Å². The van der Waals surface area contributed by atoms with Gasteiger partial charge < -0.3 is 14.6 Å². The van der Waals surface area contributed by atoms with Crippen LogP contribution in [0.25, 0.3) is 10.9 Å². The summed E-state index contributed by atoms with van der Waals surface area (Å²) in [4.78, 5) is 11.4. The first-order valence-electron chi connectivity index (χ1n) is 7.20. The highest BCUT2D eigenvalue weighted by atomic mass is 16.5. The van der Waals surface area contributed by atoms with E-state index < -0.39 is 0 Å². The van der Waals surface area contributed by atoms with E-state index in [1.54, 1.807) is 6.92 Å².